The van der Waals surface area contributed by atoms with Crippen LogP contribution in [0, 0.1) is 35.5 Å². The minimum absolute atomic E-state index is 0.0692. The van der Waals surface area contributed by atoms with Gasteiger partial charge in [-0.15, -0.1) is 23.7 Å². The molecular weight excluding hydrogens is 484 g/mol. The van der Waals surface area contributed by atoms with Crippen molar-refractivity contribution in [3.63, 3.8) is 0 Å². The number of aliphatic hydroxyl groups excluding tert-OH is 5. The topological polar surface area (TPSA) is 173 Å². The van der Waals surface area contributed by atoms with E-state index in [-0.39, 0.29) is 36.4 Å². The van der Waals surface area contributed by atoms with Gasteiger partial charge in [0.1, 0.15) is 26.8 Å². The van der Waals surface area contributed by atoms with Crippen LogP contribution in [0.4, 0.5) is 0 Å². The summed E-state index contributed by atoms with van der Waals surface area (Å²) in [5.74, 6) is 10.3. The van der Waals surface area contributed by atoms with Gasteiger partial charge in [0.05, 0.1) is 31.6 Å². The van der Waals surface area contributed by atoms with E-state index in [0.717, 1.165) is 0 Å². The van der Waals surface area contributed by atoms with Crippen molar-refractivity contribution in [3.05, 3.63) is 0 Å². The van der Waals surface area contributed by atoms with Crippen LogP contribution >= 0.6 is 14.3 Å². The highest BCUT2D eigenvalue weighted by Gasteiger charge is 2.26. The van der Waals surface area contributed by atoms with Gasteiger partial charge in [-0.05, 0) is 20.5 Å². The van der Waals surface area contributed by atoms with Crippen molar-refractivity contribution in [3.8, 4) is 23.7 Å². The van der Waals surface area contributed by atoms with E-state index in [1.165, 1.54) is 11.6 Å². The van der Waals surface area contributed by atoms with Crippen molar-refractivity contribution in [2.45, 2.75) is 40.5 Å². The number of amides is 1. The van der Waals surface area contributed by atoms with Gasteiger partial charge in [-0.3, -0.25) is 9.59 Å². The molecule has 0 aromatic rings. The molecular formula is C22H41NO9P2. The minimum atomic E-state index is -3.11. The maximum Gasteiger partial charge on any atom is 0.227 e. The van der Waals surface area contributed by atoms with Gasteiger partial charge in [-0.2, -0.15) is 0 Å². The van der Waals surface area contributed by atoms with Gasteiger partial charge in [0, 0.05) is 31.7 Å². The summed E-state index contributed by atoms with van der Waals surface area (Å²) in [4.78, 5) is 24.1. The van der Waals surface area contributed by atoms with Crippen LogP contribution in [0.15, 0.2) is 0 Å². The van der Waals surface area contributed by atoms with Crippen molar-refractivity contribution < 1.29 is 44.3 Å². The molecule has 0 fully saturated rings. The van der Waals surface area contributed by atoms with E-state index in [4.69, 9.17) is 25.5 Å². The van der Waals surface area contributed by atoms with E-state index >= 15 is 0 Å². The molecule has 0 aliphatic carbocycles. The number of ketones is 1. The summed E-state index contributed by atoms with van der Waals surface area (Å²) in [5.41, 5.74) is 0. The third kappa shape index (κ3) is 18.9. The molecule has 2 atom stereocenters. The summed E-state index contributed by atoms with van der Waals surface area (Å²) in [7, 11) is -4.09. The Hall–Kier alpha value is -1.48. The average Bonchev–Trinajstić information content (AvgIpc) is 2.85. The third-order valence-corrected chi connectivity index (χ3v) is 7.40. The first kappa shape index (κ1) is 37.1. The lowest BCUT2D eigenvalue weighted by Crippen LogP contribution is -2.32. The molecule has 0 saturated heterocycles. The van der Waals surface area contributed by atoms with E-state index < -0.39 is 39.7 Å². The molecule has 1 amide bonds. The number of Topliss-reactive ketones (excluding diaryl/α,β-unsaturated/α-hetero) is 1. The lowest BCUT2D eigenvalue weighted by Gasteiger charge is -2.16. The maximum atomic E-state index is 11.6. The molecule has 0 saturated carbocycles. The van der Waals surface area contributed by atoms with Crippen LogP contribution < -0.4 is 0 Å². The quantitative estimate of drug-likeness (QED) is 0.151. The standard InChI is InChI=1S/C10H17O4P.C9H15NO2.C3H9O3P/c1-3-4-5-9(2)10(13)6-15(14,7-11)8-12;1-4-5-6-8(2)9(12)10(3)7-11;1-7(6,2-4)3-5/h9,11-12H,5-8H2,1-2H3;8,11H,6-7H2,1-3H3;4-5H,2-3H2,1H3. The van der Waals surface area contributed by atoms with Gasteiger partial charge >= 0.3 is 0 Å². The zero-order chi connectivity index (χ0) is 27.4. The summed E-state index contributed by atoms with van der Waals surface area (Å²) in [6, 6.07) is 0. The monoisotopic (exact) mass is 525 g/mol. The highest BCUT2D eigenvalue weighted by atomic mass is 31.2. The van der Waals surface area contributed by atoms with Gasteiger partial charge in [0.25, 0.3) is 0 Å². The Labute approximate surface area is 203 Å². The highest BCUT2D eigenvalue weighted by Crippen LogP contribution is 2.43. The lowest BCUT2D eigenvalue weighted by atomic mass is 10.0. The van der Waals surface area contributed by atoms with Crippen molar-refractivity contribution in [2.24, 2.45) is 11.8 Å². The Morgan fingerprint density at radius 2 is 1.24 bits per heavy atom. The molecule has 34 heavy (non-hydrogen) atoms. The third-order valence-electron chi connectivity index (χ3n) is 4.29. The van der Waals surface area contributed by atoms with Gasteiger partial charge < -0.3 is 39.6 Å². The van der Waals surface area contributed by atoms with Crippen LogP contribution in [0.25, 0.3) is 0 Å². The van der Waals surface area contributed by atoms with Gasteiger partial charge in [0.15, 0.2) is 0 Å². The van der Waals surface area contributed by atoms with Crippen LogP contribution in [-0.2, 0) is 18.7 Å². The van der Waals surface area contributed by atoms with E-state index in [0.29, 0.717) is 12.8 Å². The molecule has 2 unspecified atom stereocenters. The molecule has 5 N–H and O–H groups in total. The molecule has 0 spiro atoms. The van der Waals surface area contributed by atoms with Gasteiger partial charge in [-0.1, -0.05) is 13.8 Å². The first-order valence-corrected chi connectivity index (χ1v) is 15.3. The molecule has 10 nitrogen and oxygen atoms in total. The normalized spacial score (nSPS) is 12.1. The second-order valence-electron chi connectivity index (χ2n) is 7.79. The summed E-state index contributed by atoms with van der Waals surface area (Å²) in [6.07, 6.45) is -1.31. The highest BCUT2D eigenvalue weighted by molar-refractivity contribution is 7.64. The van der Waals surface area contributed by atoms with Gasteiger partial charge in [-0.25, -0.2) is 0 Å². The van der Waals surface area contributed by atoms with Crippen LogP contribution in [0.5, 0.6) is 0 Å². The van der Waals surface area contributed by atoms with Crippen molar-refractivity contribution in [2.75, 3.05) is 52.0 Å². The molecule has 0 aromatic heterocycles. The van der Waals surface area contributed by atoms with Gasteiger partial charge in [0.2, 0.25) is 5.91 Å². The van der Waals surface area contributed by atoms with E-state index in [1.54, 1.807) is 34.7 Å². The van der Waals surface area contributed by atoms with Crippen molar-refractivity contribution >= 4 is 26.0 Å². The SMILES string of the molecule is CC#CCC(C)C(=O)CP(=O)(CO)CO.CC#CCC(C)C(=O)N(C)CO.CP(=O)(CO)CO. The molecule has 0 aliphatic rings. The maximum absolute atomic E-state index is 11.6. The summed E-state index contributed by atoms with van der Waals surface area (Å²) in [5, 5.41) is 42.6. The smallest absolute Gasteiger partial charge is 0.227 e. The largest absolute Gasteiger partial charge is 0.389 e. The fourth-order valence-electron chi connectivity index (χ4n) is 1.79. The minimum Gasteiger partial charge on any atom is -0.389 e. The molecule has 12 heteroatoms. The van der Waals surface area contributed by atoms with Crippen molar-refractivity contribution in [1.29, 1.82) is 0 Å². The first-order chi connectivity index (χ1) is 15.7. The predicted molar refractivity (Wildman–Crippen MR) is 134 cm³/mol. The number of carbonyl (C=O) groups is 2. The molecule has 0 aromatic carbocycles. The average molecular weight is 526 g/mol. The lowest BCUT2D eigenvalue weighted by molar-refractivity contribution is -0.136. The van der Waals surface area contributed by atoms with Crippen LogP contribution in [0.2, 0.25) is 0 Å². The van der Waals surface area contributed by atoms with E-state index in [1.807, 2.05) is 0 Å². The summed E-state index contributed by atoms with van der Waals surface area (Å²) in [6.45, 7) is 8.05. The Morgan fingerprint density at radius 1 is 0.824 bits per heavy atom. The molecule has 198 valence electrons. The molecule has 0 bridgehead atoms. The molecule has 0 heterocycles. The Bertz CT molecular complexity index is 793. The number of carbonyl (C=O) groups excluding carboxylic acids is 2. The molecule has 0 rings (SSSR count). The molecule has 0 aliphatic heterocycles. The fourth-order valence-corrected chi connectivity index (χ4v) is 3.05. The van der Waals surface area contributed by atoms with E-state index in [9.17, 15) is 18.7 Å². The summed E-state index contributed by atoms with van der Waals surface area (Å²) >= 11 is 0. The Kier molecular flexibility index (Phi) is 22.7. The number of aliphatic hydroxyl groups is 5. The number of hydrogen-bond donors (Lipinski definition) is 5. The Morgan fingerprint density at radius 3 is 1.53 bits per heavy atom. The number of hydrogen-bond acceptors (Lipinski definition) is 9. The van der Waals surface area contributed by atoms with E-state index in [2.05, 4.69) is 23.7 Å². The zero-order valence-electron chi connectivity index (χ0n) is 21.0. The summed E-state index contributed by atoms with van der Waals surface area (Å²) < 4.78 is 22.0. The fraction of sp³-hybridized carbons (Fsp3) is 0.727. The second kappa shape index (κ2) is 20.9. The van der Waals surface area contributed by atoms with Crippen LogP contribution in [-0.4, -0.2) is 94.1 Å². The zero-order valence-corrected chi connectivity index (χ0v) is 22.8. The van der Waals surface area contributed by atoms with Crippen LogP contribution in [0.3, 0.4) is 0 Å². The first-order valence-electron chi connectivity index (χ1n) is 10.5. The van der Waals surface area contributed by atoms with Crippen LogP contribution in [0.1, 0.15) is 40.5 Å². The number of rotatable bonds is 11. The predicted octanol–water partition coefficient (Wildman–Crippen LogP) is 1.19. The Balaban J connectivity index is -0.000000452. The second-order valence-corrected chi connectivity index (χ2v) is 13.9. The molecule has 0 radical (unpaired) electrons. The number of nitrogens with zero attached hydrogens (tertiary/aromatic N) is 1. The van der Waals surface area contributed by atoms with Crippen molar-refractivity contribution in [1.82, 2.24) is 4.90 Å².